The monoisotopic (exact) mass is 240 g/mol. The highest BCUT2D eigenvalue weighted by atomic mass is 16.5. The molecule has 0 aliphatic carbocycles. The lowest BCUT2D eigenvalue weighted by Crippen LogP contribution is -2.48. The molecule has 0 bridgehead atoms. The molecular weight excluding hydrogens is 212 g/mol. The molecule has 0 spiro atoms. The van der Waals surface area contributed by atoms with Crippen LogP contribution in [0.2, 0.25) is 0 Å². The van der Waals surface area contributed by atoms with Crippen LogP contribution in [0, 0.1) is 0 Å². The predicted molar refractivity (Wildman–Crippen MR) is 71.3 cm³/mol. The minimum absolute atomic E-state index is 0.508. The van der Waals surface area contributed by atoms with E-state index in [9.17, 15) is 0 Å². The van der Waals surface area contributed by atoms with Crippen LogP contribution in [-0.2, 0) is 4.74 Å². The molecule has 0 saturated carbocycles. The Kier molecular flexibility index (Phi) is 5.75. The van der Waals surface area contributed by atoms with Crippen molar-refractivity contribution in [3.8, 4) is 0 Å². The minimum Gasteiger partial charge on any atom is -0.377 e. The molecule has 2 heterocycles. The summed E-state index contributed by atoms with van der Waals surface area (Å²) in [7, 11) is 0. The maximum Gasteiger partial charge on any atom is 0.0702 e. The molecule has 0 aromatic carbocycles. The average molecular weight is 240 g/mol. The number of rotatable bonds is 5. The fourth-order valence-corrected chi connectivity index (χ4v) is 2.98. The van der Waals surface area contributed by atoms with Gasteiger partial charge in [-0.1, -0.05) is 6.92 Å². The van der Waals surface area contributed by atoms with Gasteiger partial charge in [0.25, 0.3) is 0 Å². The molecule has 2 aliphatic heterocycles. The van der Waals surface area contributed by atoms with Crippen molar-refractivity contribution in [2.24, 2.45) is 0 Å². The van der Waals surface area contributed by atoms with Crippen molar-refractivity contribution in [3.63, 3.8) is 0 Å². The van der Waals surface area contributed by atoms with E-state index < -0.39 is 0 Å². The van der Waals surface area contributed by atoms with Crippen molar-refractivity contribution >= 4 is 0 Å². The van der Waals surface area contributed by atoms with Crippen molar-refractivity contribution < 1.29 is 4.74 Å². The highest BCUT2D eigenvalue weighted by molar-refractivity contribution is 4.80. The topological polar surface area (TPSA) is 24.5 Å². The van der Waals surface area contributed by atoms with E-state index in [4.69, 9.17) is 4.74 Å². The Balaban J connectivity index is 1.68. The zero-order valence-corrected chi connectivity index (χ0v) is 11.3. The molecular formula is C14H28N2O. The van der Waals surface area contributed by atoms with Crippen molar-refractivity contribution in [2.45, 2.75) is 57.6 Å². The van der Waals surface area contributed by atoms with Crippen LogP contribution >= 0.6 is 0 Å². The quantitative estimate of drug-likeness (QED) is 0.795. The Bertz CT molecular complexity index is 204. The van der Waals surface area contributed by atoms with Crippen LogP contribution in [0.5, 0.6) is 0 Å². The Hall–Kier alpha value is -0.120. The van der Waals surface area contributed by atoms with Crippen LogP contribution in [-0.4, -0.2) is 49.8 Å². The fraction of sp³-hybridized carbons (Fsp3) is 1.00. The molecule has 1 N–H and O–H groups in total. The van der Waals surface area contributed by atoms with Crippen molar-refractivity contribution in [2.75, 3.05) is 32.8 Å². The van der Waals surface area contributed by atoms with E-state index in [2.05, 4.69) is 17.1 Å². The summed E-state index contributed by atoms with van der Waals surface area (Å²) in [5.41, 5.74) is 0. The second-order valence-electron chi connectivity index (χ2n) is 5.54. The summed E-state index contributed by atoms with van der Waals surface area (Å²) in [6.45, 7) is 8.03. The van der Waals surface area contributed by atoms with Gasteiger partial charge in [-0.05, 0) is 51.6 Å². The number of piperidine rings is 1. The van der Waals surface area contributed by atoms with Crippen LogP contribution in [0.25, 0.3) is 0 Å². The molecule has 2 atom stereocenters. The third-order valence-corrected chi connectivity index (χ3v) is 3.92. The SMILES string of the molecule is CCCNC1CCCN(CC2CCCCO2)C1. The van der Waals surface area contributed by atoms with Gasteiger partial charge in [0.05, 0.1) is 6.10 Å². The normalized spacial score (nSPS) is 31.6. The minimum atomic E-state index is 0.508. The van der Waals surface area contributed by atoms with Gasteiger partial charge in [-0.2, -0.15) is 0 Å². The third kappa shape index (κ3) is 4.57. The first kappa shape index (κ1) is 13.3. The van der Waals surface area contributed by atoms with Crippen LogP contribution < -0.4 is 5.32 Å². The zero-order chi connectivity index (χ0) is 11.9. The molecule has 2 saturated heterocycles. The number of nitrogens with zero attached hydrogens (tertiary/aromatic N) is 1. The van der Waals surface area contributed by atoms with E-state index in [0.29, 0.717) is 12.1 Å². The number of hydrogen-bond acceptors (Lipinski definition) is 3. The Morgan fingerprint density at radius 3 is 2.94 bits per heavy atom. The van der Waals surface area contributed by atoms with Gasteiger partial charge in [0.2, 0.25) is 0 Å². The van der Waals surface area contributed by atoms with Gasteiger partial charge in [-0.15, -0.1) is 0 Å². The summed E-state index contributed by atoms with van der Waals surface area (Å²) in [6.07, 6.45) is 8.32. The fourth-order valence-electron chi connectivity index (χ4n) is 2.98. The summed E-state index contributed by atoms with van der Waals surface area (Å²) in [6, 6.07) is 0.715. The van der Waals surface area contributed by atoms with Crippen molar-refractivity contribution in [3.05, 3.63) is 0 Å². The van der Waals surface area contributed by atoms with E-state index in [1.807, 2.05) is 0 Å². The van der Waals surface area contributed by atoms with E-state index in [0.717, 1.165) is 13.2 Å². The predicted octanol–water partition coefficient (Wildman–Crippen LogP) is 2.02. The second-order valence-corrected chi connectivity index (χ2v) is 5.54. The first-order chi connectivity index (χ1) is 8.38. The molecule has 2 rings (SSSR count). The maximum atomic E-state index is 5.83. The summed E-state index contributed by atoms with van der Waals surface area (Å²) in [5.74, 6) is 0. The van der Waals surface area contributed by atoms with Crippen LogP contribution in [0.15, 0.2) is 0 Å². The van der Waals surface area contributed by atoms with Crippen LogP contribution in [0.3, 0.4) is 0 Å². The van der Waals surface area contributed by atoms with Crippen molar-refractivity contribution in [1.82, 2.24) is 10.2 Å². The van der Waals surface area contributed by atoms with Gasteiger partial charge in [-0.25, -0.2) is 0 Å². The summed E-state index contributed by atoms with van der Waals surface area (Å²) >= 11 is 0. The first-order valence-electron chi connectivity index (χ1n) is 7.46. The van der Waals surface area contributed by atoms with Gasteiger partial charge in [-0.3, -0.25) is 4.90 Å². The molecule has 0 aromatic heterocycles. The van der Waals surface area contributed by atoms with Gasteiger partial charge in [0.1, 0.15) is 0 Å². The summed E-state index contributed by atoms with van der Waals surface area (Å²) in [4.78, 5) is 2.60. The molecule has 0 radical (unpaired) electrons. The van der Waals surface area contributed by atoms with E-state index in [1.165, 1.54) is 58.2 Å². The van der Waals surface area contributed by atoms with Gasteiger partial charge < -0.3 is 10.1 Å². The van der Waals surface area contributed by atoms with E-state index in [-0.39, 0.29) is 0 Å². The van der Waals surface area contributed by atoms with E-state index >= 15 is 0 Å². The summed E-state index contributed by atoms with van der Waals surface area (Å²) in [5, 5.41) is 3.66. The Labute approximate surface area is 106 Å². The smallest absolute Gasteiger partial charge is 0.0702 e. The number of hydrogen-bond donors (Lipinski definition) is 1. The molecule has 3 heteroatoms. The molecule has 2 aliphatic rings. The molecule has 0 aromatic rings. The Morgan fingerprint density at radius 1 is 1.24 bits per heavy atom. The van der Waals surface area contributed by atoms with Crippen LogP contribution in [0.1, 0.15) is 45.4 Å². The number of nitrogens with one attached hydrogen (secondary N) is 1. The average Bonchev–Trinajstić information content (AvgIpc) is 2.38. The lowest BCUT2D eigenvalue weighted by Gasteiger charge is -2.36. The van der Waals surface area contributed by atoms with Crippen LogP contribution in [0.4, 0.5) is 0 Å². The maximum absolute atomic E-state index is 5.83. The highest BCUT2D eigenvalue weighted by Gasteiger charge is 2.23. The van der Waals surface area contributed by atoms with Gasteiger partial charge >= 0.3 is 0 Å². The molecule has 2 fully saturated rings. The second kappa shape index (κ2) is 7.34. The molecule has 0 amide bonds. The summed E-state index contributed by atoms with van der Waals surface area (Å²) < 4.78 is 5.83. The number of likely N-dealkylation sites (tertiary alicyclic amines) is 1. The molecule has 17 heavy (non-hydrogen) atoms. The Morgan fingerprint density at radius 2 is 2.18 bits per heavy atom. The largest absolute Gasteiger partial charge is 0.377 e. The highest BCUT2D eigenvalue weighted by Crippen LogP contribution is 2.17. The number of ether oxygens (including phenoxy) is 1. The lowest BCUT2D eigenvalue weighted by atomic mass is 10.0. The molecule has 2 unspecified atom stereocenters. The van der Waals surface area contributed by atoms with Gasteiger partial charge in [0.15, 0.2) is 0 Å². The third-order valence-electron chi connectivity index (χ3n) is 3.92. The lowest BCUT2D eigenvalue weighted by molar-refractivity contribution is -0.0108. The standard InChI is InChI=1S/C14H28N2O/c1-2-8-15-13-6-5-9-16(11-13)12-14-7-3-4-10-17-14/h13-15H,2-12H2,1H3. The van der Waals surface area contributed by atoms with Crippen molar-refractivity contribution in [1.29, 1.82) is 0 Å². The van der Waals surface area contributed by atoms with E-state index in [1.54, 1.807) is 0 Å². The molecule has 100 valence electrons. The van der Waals surface area contributed by atoms with Gasteiger partial charge in [0, 0.05) is 25.7 Å². The zero-order valence-electron chi connectivity index (χ0n) is 11.3. The molecule has 3 nitrogen and oxygen atoms in total. The first-order valence-corrected chi connectivity index (χ1v) is 7.46.